The average Bonchev–Trinajstić information content (AvgIpc) is 3.14. The lowest BCUT2D eigenvalue weighted by Gasteiger charge is -2.28. The molecule has 0 spiro atoms. The molecule has 0 aliphatic carbocycles. The van der Waals surface area contributed by atoms with Crippen molar-refractivity contribution in [1.82, 2.24) is 14.5 Å². The van der Waals surface area contributed by atoms with E-state index in [1.807, 2.05) is 11.8 Å². The molecule has 1 unspecified atom stereocenters. The molecule has 26 heavy (non-hydrogen) atoms. The van der Waals surface area contributed by atoms with Gasteiger partial charge in [-0.1, -0.05) is 6.92 Å². The van der Waals surface area contributed by atoms with Crippen LogP contribution in [0.15, 0.2) is 29.2 Å². The number of sulfonamides is 1. The van der Waals surface area contributed by atoms with Gasteiger partial charge in [0.1, 0.15) is 5.82 Å². The van der Waals surface area contributed by atoms with Gasteiger partial charge in [-0.3, -0.25) is 4.79 Å². The molecule has 0 bridgehead atoms. The molecule has 8 heteroatoms. The number of hydrogen-bond acceptors (Lipinski definition) is 4. The molecule has 1 saturated heterocycles. The van der Waals surface area contributed by atoms with Crippen molar-refractivity contribution < 1.29 is 17.6 Å². The maximum absolute atomic E-state index is 13.0. The van der Waals surface area contributed by atoms with Gasteiger partial charge in [0.15, 0.2) is 0 Å². The average molecular weight is 386 g/mol. The first-order valence-electron chi connectivity index (χ1n) is 9.08. The van der Waals surface area contributed by atoms with E-state index in [0.717, 1.165) is 44.6 Å². The van der Waals surface area contributed by atoms with E-state index >= 15 is 0 Å². The molecule has 1 aromatic carbocycles. The second kappa shape index (κ2) is 9.43. The topological polar surface area (TPSA) is 69.7 Å². The molecule has 1 fully saturated rings. The largest absolute Gasteiger partial charge is 0.338 e. The lowest BCUT2D eigenvalue weighted by molar-refractivity contribution is -0.133. The third-order valence-corrected chi connectivity index (χ3v) is 6.52. The third-order valence-electron chi connectivity index (χ3n) is 4.65. The molecule has 1 aliphatic heterocycles. The number of nitrogens with one attached hydrogen (secondary N) is 1. The van der Waals surface area contributed by atoms with Gasteiger partial charge < -0.3 is 10.2 Å². The number of nitrogens with zero attached hydrogens (tertiary/aromatic N) is 2. The second-order valence-electron chi connectivity index (χ2n) is 6.62. The summed E-state index contributed by atoms with van der Waals surface area (Å²) in [5.74, 6) is -0.400. The predicted octanol–water partition coefficient (Wildman–Crippen LogP) is 1.83. The highest BCUT2D eigenvalue weighted by molar-refractivity contribution is 7.89. The molecule has 6 nitrogen and oxygen atoms in total. The van der Waals surface area contributed by atoms with Gasteiger partial charge >= 0.3 is 0 Å². The Kier molecular flexibility index (Phi) is 7.55. The van der Waals surface area contributed by atoms with Gasteiger partial charge in [0, 0.05) is 39.1 Å². The Morgan fingerprint density at radius 3 is 2.54 bits per heavy atom. The molecular formula is C18H28FN3O3S. The molecule has 2 rings (SSSR count). The summed E-state index contributed by atoms with van der Waals surface area (Å²) in [6, 6.07) is 5.00. The molecule has 146 valence electrons. The smallest absolute Gasteiger partial charge is 0.242 e. The standard InChI is InChI=1S/C18H28FN3O3S/c1-3-12-22(16-10-11-20-14-16)18(23)5-4-13-21(2)26(24,25)17-8-6-15(19)7-9-17/h6-9,16,20H,3-5,10-14H2,1-2H3. The molecule has 0 radical (unpaired) electrons. The summed E-state index contributed by atoms with van der Waals surface area (Å²) in [7, 11) is -2.19. The number of carbonyl (C=O) groups is 1. The van der Waals surface area contributed by atoms with E-state index in [2.05, 4.69) is 5.32 Å². The van der Waals surface area contributed by atoms with Crippen LogP contribution in [-0.4, -0.2) is 62.8 Å². The number of rotatable bonds is 9. The predicted molar refractivity (Wildman–Crippen MR) is 98.7 cm³/mol. The van der Waals surface area contributed by atoms with Crippen LogP contribution in [0.3, 0.4) is 0 Å². The summed E-state index contributed by atoms with van der Waals surface area (Å²) in [6.07, 6.45) is 2.64. The molecule has 0 aromatic heterocycles. The van der Waals surface area contributed by atoms with E-state index < -0.39 is 15.8 Å². The molecule has 1 atom stereocenters. The van der Waals surface area contributed by atoms with Gasteiger partial charge in [-0.15, -0.1) is 0 Å². The minimum atomic E-state index is -3.67. The Morgan fingerprint density at radius 2 is 1.96 bits per heavy atom. The Balaban J connectivity index is 1.88. The highest BCUT2D eigenvalue weighted by Gasteiger charge is 2.26. The van der Waals surface area contributed by atoms with Gasteiger partial charge in [0.2, 0.25) is 15.9 Å². The van der Waals surface area contributed by atoms with Crippen LogP contribution < -0.4 is 5.32 Å². The monoisotopic (exact) mass is 385 g/mol. The van der Waals surface area contributed by atoms with Crippen molar-refractivity contribution >= 4 is 15.9 Å². The first-order chi connectivity index (χ1) is 12.4. The maximum atomic E-state index is 13.0. The Morgan fingerprint density at radius 1 is 1.27 bits per heavy atom. The zero-order valence-electron chi connectivity index (χ0n) is 15.4. The first-order valence-corrected chi connectivity index (χ1v) is 10.5. The normalized spacial score (nSPS) is 17.6. The van der Waals surface area contributed by atoms with Crippen molar-refractivity contribution in [2.24, 2.45) is 0 Å². The lowest BCUT2D eigenvalue weighted by atomic mass is 10.1. The maximum Gasteiger partial charge on any atom is 0.242 e. The molecule has 1 heterocycles. The van der Waals surface area contributed by atoms with Crippen LogP contribution in [-0.2, 0) is 14.8 Å². The minimum absolute atomic E-state index is 0.0531. The van der Waals surface area contributed by atoms with E-state index in [-0.39, 0.29) is 23.4 Å². The van der Waals surface area contributed by atoms with E-state index in [1.165, 1.54) is 23.5 Å². The van der Waals surface area contributed by atoms with E-state index in [4.69, 9.17) is 0 Å². The van der Waals surface area contributed by atoms with Crippen LogP contribution in [0, 0.1) is 5.82 Å². The number of benzene rings is 1. The van der Waals surface area contributed by atoms with Gasteiger partial charge in [-0.2, -0.15) is 0 Å². The van der Waals surface area contributed by atoms with Gasteiger partial charge in [0.25, 0.3) is 0 Å². The highest BCUT2D eigenvalue weighted by Crippen LogP contribution is 2.16. The third kappa shape index (κ3) is 5.25. The minimum Gasteiger partial charge on any atom is -0.338 e. The van der Waals surface area contributed by atoms with Crippen molar-refractivity contribution in [1.29, 1.82) is 0 Å². The van der Waals surface area contributed by atoms with Crippen LogP contribution in [0.4, 0.5) is 4.39 Å². The Labute approximate surface area is 155 Å². The van der Waals surface area contributed by atoms with Gasteiger partial charge in [-0.05, 0) is 50.1 Å². The lowest BCUT2D eigenvalue weighted by Crippen LogP contribution is -2.42. The SMILES string of the molecule is CCCN(C(=O)CCCN(C)S(=O)(=O)c1ccc(F)cc1)C1CCNC1. The number of halogens is 1. The summed E-state index contributed by atoms with van der Waals surface area (Å²) < 4.78 is 39.1. The summed E-state index contributed by atoms with van der Waals surface area (Å²) in [4.78, 5) is 14.5. The Bertz CT molecular complexity index is 688. The zero-order valence-corrected chi connectivity index (χ0v) is 16.3. The highest BCUT2D eigenvalue weighted by atomic mass is 32.2. The Hall–Kier alpha value is -1.51. The molecular weight excluding hydrogens is 357 g/mol. The summed E-state index contributed by atoms with van der Waals surface area (Å²) >= 11 is 0. The molecule has 1 aliphatic rings. The molecule has 1 N–H and O–H groups in total. The van der Waals surface area contributed by atoms with Crippen molar-refractivity contribution in [2.75, 3.05) is 33.2 Å². The fraction of sp³-hybridized carbons (Fsp3) is 0.611. The fourth-order valence-corrected chi connectivity index (χ4v) is 4.37. The second-order valence-corrected chi connectivity index (χ2v) is 8.66. The number of amides is 1. The van der Waals surface area contributed by atoms with Crippen molar-refractivity contribution in [3.63, 3.8) is 0 Å². The molecule has 1 aromatic rings. The van der Waals surface area contributed by atoms with Gasteiger partial charge in [-0.25, -0.2) is 17.1 Å². The fourth-order valence-electron chi connectivity index (χ4n) is 3.16. The quantitative estimate of drug-likeness (QED) is 0.704. The first kappa shape index (κ1) is 20.8. The van der Waals surface area contributed by atoms with Crippen molar-refractivity contribution in [3.8, 4) is 0 Å². The van der Waals surface area contributed by atoms with Crippen LogP contribution in [0.25, 0.3) is 0 Å². The number of carbonyl (C=O) groups excluding carboxylic acids is 1. The van der Waals surface area contributed by atoms with Crippen LogP contribution in [0.1, 0.15) is 32.6 Å². The van der Waals surface area contributed by atoms with Gasteiger partial charge in [0.05, 0.1) is 4.90 Å². The molecule has 0 saturated carbocycles. The number of hydrogen-bond donors (Lipinski definition) is 1. The summed E-state index contributed by atoms with van der Waals surface area (Å²) in [5.41, 5.74) is 0. The van der Waals surface area contributed by atoms with E-state index in [9.17, 15) is 17.6 Å². The van der Waals surface area contributed by atoms with E-state index in [1.54, 1.807) is 0 Å². The summed E-state index contributed by atoms with van der Waals surface area (Å²) in [6.45, 7) is 4.77. The molecule has 1 amide bonds. The van der Waals surface area contributed by atoms with Crippen molar-refractivity contribution in [2.45, 2.75) is 43.5 Å². The summed E-state index contributed by atoms with van der Waals surface area (Å²) in [5, 5.41) is 3.27. The zero-order chi connectivity index (χ0) is 19.2. The van der Waals surface area contributed by atoms with E-state index in [0.29, 0.717) is 12.8 Å². The van der Waals surface area contributed by atoms with Crippen LogP contribution in [0.5, 0.6) is 0 Å². The van der Waals surface area contributed by atoms with Crippen LogP contribution in [0.2, 0.25) is 0 Å². The van der Waals surface area contributed by atoms with Crippen LogP contribution >= 0.6 is 0 Å². The van der Waals surface area contributed by atoms with Crippen molar-refractivity contribution in [3.05, 3.63) is 30.1 Å².